The lowest BCUT2D eigenvalue weighted by Crippen LogP contribution is -2.38. The third-order valence-electron chi connectivity index (χ3n) is 4.97. The Balaban J connectivity index is 2.34. The van der Waals surface area contributed by atoms with Crippen molar-refractivity contribution in [3.8, 4) is 11.5 Å². The van der Waals surface area contributed by atoms with Crippen LogP contribution in [0.4, 0.5) is 0 Å². The van der Waals surface area contributed by atoms with Gasteiger partial charge in [-0.2, -0.15) is 0 Å². The Hall–Kier alpha value is -1.63. The molecule has 2 heterocycles. The van der Waals surface area contributed by atoms with E-state index >= 15 is 0 Å². The summed E-state index contributed by atoms with van der Waals surface area (Å²) in [5, 5.41) is 4.59. The molecule has 2 aromatic carbocycles. The minimum atomic E-state index is -1.63. The van der Waals surface area contributed by atoms with Crippen molar-refractivity contribution in [2.45, 2.75) is 39.3 Å². The Morgan fingerprint density at radius 1 is 0.704 bits per heavy atom. The molecule has 0 atom stereocenters. The number of hydrogen-bond donors (Lipinski definition) is 0. The third kappa shape index (κ3) is 3.14. The molecule has 0 spiro atoms. The van der Waals surface area contributed by atoms with Crippen molar-refractivity contribution < 1.29 is 17.9 Å². The first-order chi connectivity index (χ1) is 12.6. The second-order valence-corrected chi connectivity index (χ2v) is 20.5. The Morgan fingerprint density at radius 2 is 1.11 bits per heavy atom. The van der Waals surface area contributed by atoms with Gasteiger partial charge < -0.3 is 17.9 Å². The fourth-order valence-electron chi connectivity index (χ4n) is 3.65. The van der Waals surface area contributed by atoms with Crippen molar-refractivity contribution in [2.24, 2.45) is 6.66 Å². The number of rotatable bonds is 2. The molecule has 0 unspecified atom stereocenters. The average molecular weight is 419 g/mol. The molecule has 0 saturated carbocycles. The summed E-state index contributed by atoms with van der Waals surface area (Å²) in [7, 11) is -4.34. The molecule has 4 nitrogen and oxygen atoms in total. The minimum Gasteiger partial charge on any atom is -0.457 e. The second kappa shape index (κ2) is 6.19. The van der Waals surface area contributed by atoms with Crippen LogP contribution < -0.4 is 19.8 Å². The van der Waals surface area contributed by atoms with E-state index in [1.54, 1.807) is 0 Å². The van der Waals surface area contributed by atoms with E-state index in [0.29, 0.717) is 0 Å². The SMILES string of the molecule is Cp1oc2c([Si](C)(C)C)ccc3c2c2c(ccc([Si](C)(C)C)c2o1)OCO3. The molecule has 1 aliphatic heterocycles. The van der Waals surface area contributed by atoms with Crippen LogP contribution >= 0.6 is 8.01 Å². The molecule has 0 bridgehead atoms. The molecule has 0 aliphatic carbocycles. The van der Waals surface area contributed by atoms with Crippen LogP contribution in [0.25, 0.3) is 21.9 Å². The van der Waals surface area contributed by atoms with E-state index in [4.69, 9.17) is 17.9 Å². The zero-order chi connectivity index (χ0) is 19.6. The van der Waals surface area contributed by atoms with Gasteiger partial charge >= 0.3 is 0 Å². The second-order valence-electron chi connectivity index (χ2n) is 9.16. The summed E-state index contributed by atoms with van der Waals surface area (Å²) < 4.78 is 24.8. The molecule has 0 N–H and O–H groups in total. The van der Waals surface area contributed by atoms with Gasteiger partial charge in [0.15, 0.2) is 0 Å². The number of ether oxygens (including phenoxy) is 2. The standard InChI is InChI=1S/C20H27O4PSi2/c1-25-23-19-15(26(2,3)4)10-8-13-17(19)18-14(22-12-21-13)9-11-16(20(18)24-25)27(5,6)7/h8-11H,12H2,1-7H3. The van der Waals surface area contributed by atoms with Crippen LogP contribution in [0.15, 0.2) is 32.7 Å². The highest BCUT2D eigenvalue weighted by molar-refractivity contribution is 7.35. The summed E-state index contributed by atoms with van der Waals surface area (Å²) in [5.41, 5.74) is 1.86. The van der Waals surface area contributed by atoms with E-state index in [-0.39, 0.29) is 6.79 Å². The smallest absolute Gasteiger partial charge is 0.230 e. The Kier molecular flexibility index (Phi) is 4.29. The molecule has 144 valence electrons. The van der Waals surface area contributed by atoms with Crippen LogP contribution in [0, 0.1) is 0 Å². The molecular formula is C20H27O4PSi2. The molecule has 0 amide bonds. The molecular weight excluding hydrogens is 391 g/mol. The number of benzene rings is 2. The molecule has 0 fully saturated rings. The Morgan fingerprint density at radius 3 is 1.48 bits per heavy atom. The molecule has 1 aliphatic rings. The van der Waals surface area contributed by atoms with Gasteiger partial charge in [-0.25, -0.2) is 0 Å². The van der Waals surface area contributed by atoms with Crippen LogP contribution in [-0.2, 0) is 6.66 Å². The van der Waals surface area contributed by atoms with Crippen LogP contribution in [0.2, 0.25) is 39.3 Å². The highest BCUT2D eigenvalue weighted by Gasteiger charge is 2.29. The maximum Gasteiger partial charge on any atom is 0.230 e. The summed E-state index contributed by atoms with van der Waals surface area (Å²) in [6.45, 7) is 16.3. The predicted molar refractivity (Wildman–Crippen MR) is 119 cm³/mol. The maximum absolute atomic E-state index is 6.45. The first-order valence-electron chi connectivity index (χ1n) is 9.28. The first-order valence-corrected chi connectivity index (χ1v) is 17.9. The summed E-state index contributed by atoms with van der Waals surface area (Å²) in [6, 6.07) is 8.48. The first kappa shape index (κ1) is 18.7. The predicted octanol–water partition coefficient (Wildman–Crippen LogP) is 5.65. The molecule has 0 saturated heterocycles. The van der Waals surface area contributed by atoms with Gasteiger partial charge in [-0.1, -0.05) is 51.4 Å². The van der Waals surface area contributed by atoms with Gasteiger partial charge in [0.05, 0.1) is 26.9 Å². The normalized spacial score (nSPS) is 14.2. The molecule has 0 radical (unpaired) electrons. The van der Waals surface area contributed by atoms with Gasteiger partial charge in [-0.3, -0.25) is 0 Å². The van der Waals surface area contributed by atoms with Crippen LogP contribution in [-0.4, -0.2) is 22.9 Å². The summed E-state index contributed by atoms with van der Waals surface area (Å²) in [5.74, 6) is 1.63. The van der Waals surface area contributed by atoms with Crippen molar-refractivity contribution in [3.05, 3.63) is 24.3 Å². The van der Waals surface area contributed by atoms with Gasteiger partial charge in [0.25, 0.3) is 0 Å². The van der Waals surface area contributed by atoms with Crippen LogP contribution in [0.1, 0.15) is 0 Å². The van der Waals surface area contributed by atoms with E-state index in [1.807, 2.05) is 6.66 Å². The van der Waals surface area contributed by atoms with Crippen LogP contribution in [0.5, 0.6) is 11.5 Å². The number of hydrogen-bond acceptors (Lipinski definition) is 4. The molecule has 4 rings (SSSR count). The Labute approximate surface area is 163 Å². The van der Waals surface area contributed by atoms with Crippen molar-refractivity contribution in [2.75, 3.05) is 6.79 Å². The minimum absolute atomic E-state index is 0.193. The Bertz CT molecular complexity index is 1010. The van der Waals surface area contributed by atoms with E-state index in [0.717, 1.165) is 33.4 Å². The van der Waals surface area contributed by atoms with E-state index in [9.17, 15) is 0 Å². The summed E-state index contributed by atoms with van der Waals surface area (Å²) in [4.78, 5) is 0. The lowest BCUT2D eigenvalue weighted by atomic mass is 10.1. The summed E-state index contributed by atoms with van der Waals surface area (Å²) >= 11 is 0. The quantitative estimate of drug-likeness (QED) is 0.505. The average Bonchev–Trinajstić information content (AvgIpc) is 2.81. The summed E-state index contributed by atoms with van der Waals surface area (Å²) in [6.07, 6.45) is 0. The highest BCUT2D eigenvalue weighted by atomic mass is 31.1. The van der Waals surface area contributed by atoms with Crippen molar-refractivity contribution in [1.29, 1.82) is 0 Å². The molecule has 3 aromatic rings. The van der Waals surface area contributed by atoms with Crippen LogP contribution in [0.3, 0.4) is 0 Å². The molecule has 7 heteroatoms. The van der Waals surface area contributed by atoms with Crippen molar-refractivity contribution in [1.82, 2.24) is 0 Å². The van der Waals surface area contributed by atoms with Gasteiger partial charge in [0.1, 0.15) is 22.7 Å². The zero-order valence-corrected chi connectivity index (χ0v) is 20.0. The zero-order valence-electron chi connectivity index (χ0n) is 17.1. The monoisotopic (exact) mass is 418 g/mol. The highest BCUT2D eigenvalue weighted by Crippen LogP contribution is 2.42. The van der Waals surface area contributed by atoms with E-state index < -0.39 is 24.2 Å². The molecule has 1 aromatic heterocycles. The van der Waals surface area contributed by atoms with E-state index in [1.165, 1.54) is 10.4 Å². The van der Waals surface area contributed by atoms with Crippen molar-refractivity contribution >= 4 is 56.5 Å². The lowest BCUT2D eigenvalue weighted by Gasteiger charge is -2.19. The number of aryl methyl sites for hydroxylation is 1. The fourth-order valence-corrected chi connectivity index (χ4v) is 7.63. The van der Waals surface area contributed by atoms with Gasteiger partial charge in [-0.15, -0.1) is 0 Å². The van der Waals surface area contributed by atoms with Crippen molar-refractivity contribution in [3.63, 3.8) is 0 Å². The largest absolute Gasteiger partial charge is 0.457 e. The van der Waals surface area contributed by atoms with Gasteiger partial charge in [0, 0.05) is 6.66 Å². The fraction of sp³-hybridized carbons (Fsp3) is 0.400. The van der Waals surface area contributed by atoms with Gasteiger partial charge in [-0.05, 0) is 22.5 Å². The maximum atomic E-state index is 6.45. The third-order valence-corrected chi connectivity index (χ3v) is 9.87. The van der Waals surface area contributed by atoms with Gasteiger partial charge in [0.2, 0.25) is 14.8 Å². The molecule has 27 heavy (non-hydrogen) atoms. The lowest BCUT2D eigenvalue weighted by molar-refractivity contribution is 0.125. The van der Waals surface area contributed by atoms with E-state index in [2.05, 4.69) is 63.5 Å². The topological polar surface area (TPSA) is 44.7 Å².